The predicted octanol–water partition coefficient (Wildman–Crippen LogP) is 1.40. The highest BCUT2D eigenvalue weighted by Crippen LogP contribution is 2.41. The molecule has 0 atom stereocenters. The fraction of sp³-hybridized carbons (Fsp3) is 0.308. The van der Waals surface area contributed by atoms with Gasteiger partial charge in [-0.2, -0.15) is 0 Å². The molecular formula is C13H14N2O3. The lowest BCUT2D eigenvalue weighted by Gasteiger charge is -2.31. The van der Waals surface area contributed by atoms with Gasteiger partial charge in [0.05, 0.1) is 17.9 Å². The molecule has 0 unspecified atom stereocenters. The summed E-state index contributed by atoms with van der Waals surface area (Å²) in [5.74, 6) is 1.44. The third-order valence-corrected chi connectivity index (χ3v) is 2.99. The number of carbonyl (C=O) groups excluding carboxylic acids is 1. The largest absolute Gasteiger partial charge is 0.486 e. The van der Waals surface area contributed by atoms with Crippen molar-refractivity contribution in [2.45, 2.75) is 0 Å². The van der Waals surface area contributed by atoms with E-state index in [0.717, 1.165) is 17.1 Å². The van der Waals surface area contributed by atoms with Crippen molar-refractivity contribution in [3.8, 4) is 11.5 Å². The average Bonchev–Trinajstić information content (AvgIpc) is 2.40. The van der Waals surface area contributed by atoms with E-state index in [1.165, 1.54) is 0 Å². The second kappa shape index (κ2) is 4.25. The zero-order chi connectivity index (χ0) is 12.5. The zero-order valence-corrected chi connectivity index (χ0v) is 9.94. The van der Waals surface area contributed by atoms with E-state index < -0.39 is 0 Å². The first-order chi connectivity index (χ1) is 8.79. The monoisotopic (exact) mass is 246 g/mol. The third kappa shape index (κ3) is 1.68. The molecule has 0 saturated heterocycles. The molecule has 0 aromatic heterocycles. The molecule has 0 spiro atoms. The van der Waals surface area contributed by atoms with Crippen LogP contribution in [0.25, 0.3) is 0 Å². The van der Waals surface area contributed by atoms with Crippen molar-refractivity contribution in [1.29, 1.82) is 0 Å². The number of carbonyl (C=O) groups is 1. The normalized spacial score (nSPS) is 16.9. The predicted molar refractivity (Wildman–Crippen MR) is 68.5 cm³/mol. The van der Waals surface area contributed by atoms with Gasteiger partial charge >= 0.3 is 0 Å². The van der Waals surface area contributed by atoms with Gasteiger partial charge in [0, 0.05) is 18.7 Å². The molecule has 94 valence electrons. The summed E-state index contributed by atoms with van der Waals surface area (Å²) in [6, 6.07) is 3.73. The lowest BCUT2D eigenvalue weighted by atomic mass is 10.1. The number of ether oxygens (including phenoxy) is 2. The van der Waals surface area contributed by atoms with Gasteiger partial charge in [-0.15, -0.1) is 6.58 Å². The van der Waals surface area contributed by atoms with Crippen LogP contribution in [-0.4, -0.2) is 32.2 Å². The molecule has 3 rings (SSSR count). The molecule has 0 bridgehead atoms. The van der Waals surface area contributed by atoms with Gasteiger partial charge in [-0.1, -0.05) is 6.08 Å². The van der Waals surface area contributed by atoms with Crippen molar-refractivity contribution in [3.05, 3.63) is 24.8 Å². The number of fused-ring (bicyclic) bond motifs is 2. The lowest BCUT2D eigenvalue weighted by molar-refractivity contribution is -0.117. The van der Waals surface area contributed by atoms with Crippen LogP contribution in [0.2, 0.25) is 0 Å². The smallest absolute Gasteiger partial charge is 0.246 e. The third-order valence-electron chi connectivity index (χ3n) is 2.99. The van der Waals surface area contributed by atoms with Gasteiger partial charge in [0.2, 0.25) is 5.91 Å². The van der Waals surface area contributed by atoms with Gasteiger partial charge in [-0.3, -0.25) is 4.79 Å². The van der Waals surface area contributed by atoms with Crippen molar-refractivity contribution in [2.75, 3.05) is 36.5 Å². The van der Waals surface area contributed by atoms with Crippen molar-refractivity contribution in [1.82, 2.24) is 0 Å². The first kappa shape index (κ1) is 11.0. The van der Waals surface area contributed by atoms with Crippen molar-refractivity contribution < 1.29 is 14.3 Å². The minimum absolute atomic E-state index is 0.0269. The van der Waals surface area contributed by atoms with E-state index in [1.54, 1.807) is 11.0 Å². The minimum Gasteiger partial charge on any atom is -0.486 e. The van der Waals surface area contributed by atoms with Crippen LogP contribution >= 0.6 is 0 Å². The van der Waals surface area contributed by atoms with Gasteiger partial charge in [0.15, 0.2) is 11.5 Å². The van der Waals surface area contributed by atoms with Crippen LogP contribution in [0.1, 0.15) is 0 Å². The summed E-state index contributed by atoms with van der Waals surface area (Å²) >= 11 is 0. The fourth-order valence-electron chi connectivity index (χ4n) is 2.17. The number of rotatable bonds is 2. The molecule has 5 heteroatoms. The Morgan fingerprint density at radius 2 is 2.06 bits per heavy atom. The molecule has 1 amide bonds. The number of hydrogen-bond donors (Lipinski definition) is 1. The maximum atomic E-state index is 11.9. The Kier molecular flexibility index (Phi) is 2.59. The number of anilines is 2. The summed E-state index contributed by atoms with van der Waals surface area (Å²) in [5.41, 5.74) is 1.70. The molecule has 0 aliphatic carbocycles. The first-order valence-corrected chi connectivity index (χ1v) is 5.88. The summed E-state index contributed by atoms with van der Waals surface area (Å²) < 4.78 is 11.1. The second-order valence-electron chi connectivity index (χ2n) is 4.16. The van der Waals surface area contributed by atoms with E-state index in [9.17, 15) is 4.79 Å². The molecule has 18 heavy (non-hydrogen) atoms. The Bertz CT molecular complexity index is 513. The Morgan fingerprint density at radius 1 is 1.33 bits per heavy atom. The Morgan fingerprint density at radius 3 is 2.78 bits per heavy atom. The maximum absolute atomic E-state index is 11.9. The molecule has 5 nitrogen and oxygen atoms in total. The van der Waals surface area contributed by atoms with Crippen LogP contribution in [0.3, 0.4) is 0 Å². The van der Waals surface area contributed by atoms with Crippen LogP contribution < -0.4 is 19.7 Å². The number of nitrogens with one attached hydrogen (secondary N) is 1. The Hall–Kier alpha value is -2.17. The van der Waals surface area contributed by atoms with E-state index in [-0.39, 0.29) is 5.91 Å². The molecule has 0 fully saturated rings. The quantitative estimate of drug-likeness (QED) is 0.801. The molecule has 0 saturated carbocycles. The molecule has 1 aromatic rings. The van der Waals surface area contributed by atoms with Gasteiger partial charge in [-0.05, 0) is 0 Å². The number of amides is 1. The van der Waals surface area contributed by atoms with Crippen molar-refractivity contribution in [3.63, 3.8) is 0 Å². The molecule has 2 aliphatic heterocycles. The van der Waals surface area contributed by atoms with Crippen molar-refractivity contribution in [2.24, 2.45) is 0 Å². The summed E-state index contributed by atoms with van der Waals surface area (Å²) in [5, 5.41) is 3.09. The molecule has 0 radical (unpaired) electrons. The van der Waals surface area contributed by atoms with E-state index in [2.05, 4.69) is 11.9 Å². The number of nitrogens with zero attached hydrogens (tertiary/aromatic N) is 1. The zero-order valence-electron chi connectivity index (χ0n) is 9.94. The van der Waals surface area contributed by atoms with E-state index in [0.29, 0.717) is 32.1 Å². The van der Waals surface area contributed by atoms with E-state index >= 15 is 0 Å². The summed E-state index contributed by atoms with van der Waals surface area (Å²) in [6.45, 7) is 5.56. The fourth-order valence-corrected chi connectivity index (χ4v) is 2.17. The molecule has 1 N–H and O–H groups in total. The van der Waals surface area contributed by atoms with Gasteiger partial charge in [-0.25, -0.2) is 0 Å². The summed E-state index contributed by atoms with van der Waals surface area (Å²) in [6.07, 6.45) is 1.71. The highest BCUT2D eigenvalue weighted by Gasteiger charge is 2.26. The summed E-state index contributed by atoms with van der Waals surface area (Å²) in [4.78, 5) is 13.6. The van der Waals surface area contributed by atoms with Crippen molar-refractivity contribution >= 4 is 17.3 Å². The standard InChI is InChI=1S/C13H14N2O3/c1-2-3-15-10-7-12-11(17-4-5-18-12)6-9(10)14-8-13(15)16/h2,6-7,14H,1,3-5,8H2. The molecule has 2 aliphatic rings. The van der Waals surface area contributed by atoms with Crippen LogP contribution in [0.5, 0.6) is 11.5 Å². The molecular weight excluding hydrogens is 232 g/mol. The first-order valence-electron chi connectivity index (χ1n) is 5.88. The van der Waals surface area contributed by atoms with Crippen LogP contribution in [0.15, 0.2) is 24.8 Å². The van der Waals surface area contributed by atoms with Crippen LogP contribution in [-0.2, 0) is 4.79 Å². The highest BCUT2D eigenvalue weighted by atomic mass is 16.6. The summed E-state index contributed by atoms with van der Waals surface area (Å²) in [7, 11) is 0. The molecule has 2 heterocycles. The minimum atomic E-state index is 0.0269. The number of benzene rings is 1. The molecule has 1 aromatic carbocycles. The number of hydrogen-bond acceptors (Lipinski definition) is 4. The van der Waals surface area contributed by atoms with Gasteiger partial charge in [0.1, 0.15) is 13.2 Å². The SMILES string of the molecule is C=CCN1C(=O)CNc2cc3c(cc21)OCCO3. The lowest BCUT2D eigenvalue weighted by Crippen LogP contribution is -2.40. The van der Waals surface area contributed by atoms with E-state index in [1.807, 2.05) is 12.1 Å². The maximum Gasteiger partial charge on any atom is 0.246 e. The van der Waals surface area contributed by atoms with Gasteiger partial charge in [0.25, 0.3) is 0 Å². The highest BCUT2D eigenvalue weighted by molar-refractivity contribution is 6.03. The Balaban J connectivity index is 2.06. The average molecular weight is 246 g/mol. The second-order valence-corrected chi connectivity index (χ2v) is 4.16. The topological polar surface area (TPSA) is 50.8 Å². The van der Waals surface area contributed by atoms with Gasteiger partial charge < -0.3 is 19.7 Å². The van der Waals surface area contributed by atoms with Crippen LogP contribution in [0, 0.1) is 0 Å². The Labute approximate surface area is 105 Å². The van der Waals surface area contributed by atoms with Crippen LogP contribution in [0.4, 0.5) is 11.4 Å². The van der Waals surface area contributed by atoms with E-state index in [4.69, 9.17) is 9.47 Å².